The molecule has 0 atom stereocenters. The molecular weight excluding hydrogens is 356 g/mol. The van der Waals surface area contributed by atoms with Gasteiger partial charge in [-0.2, -0.15) is 5.10 Å². The molecule has 8 heteroatoms. The summed E-state index contributed by atoms with van der Waals surface area (Å²) in [7, 11) is 0. The summed E-state index contributed by atoms with van der Waals surface area (Å²) in [5.41, 5.74) is 1.94. The minimum atomic E-state index is -0.402. The Kier molecular flexibility index (Phi) is 4.06. The van der Waals surface area contributed by atoms with Crippen LogP contribution in [0.5, 0.6) is 5.75 Å². The Balaban J connectivity index is 1.55. The quantitative estimate of drug-likeness (QED) is 0.743. The molecule has 7 nitrogen and oxygen atoms in total. The number of hydrogen-bond donors (Lipinski definition) is 2. The first-order valence-corrected chi connectivity index (χ1v) is 8.16. The van der Waals surface area contributed by atoms with Gasteiger partial charge in [-0.1, -0.05) is 29.8 Å². The third-order valence-corrected chi connectivity index (χ3v) is 4.11. The SMILES string of the molecule is O=C1COc2cc(NC(=O)c3ccn(-c4ccccc4)n3)c(Cl)cc2N1. The van der Waals surface area contributed by atoms with Gasteiger partial charge in [0, 0.05) is 12.3 Å². The van der Waals surface area contributed by atoms with E-state index in [1.54, 1.807) is 23.0 Å². The molecule has 2 N–H and O–H groups in total. The Bertz CT molecular complexity index is 1000. The van der Waals surface area contributed by atoms with Gasteiger partial charge in [0.25, 0.3) is 11.8 Å². The molecule has 2 aromatic carbocycles. The molecule has 2 heterocycles. The zero-order valence-corrected chi connectivity index (χ0v) is 14.2. The summed E-state index contributed by atoms with van der Waals surface area (Å²) in [6, 6.07) is 14.2. The highest BCUT2D eigenvalue weighted by Gasteiger charge is 2.20. The van der Waals surface area contributed by atoms with Crippen molar-refractivity contribution in [2.75, 3.05) is 17.2 Å². The maximum atomic E-state index is 12.5. The van der Waals surface area contributed by atoms with Crippen LogP contribution in [-0.4, -0.2) is 28.2 Å². The Hall–Kier alpha value is -3.32. The van der Waals surface area contributed by atoms with Gasteiger partial charge in [-0.15, -0.1) is 0 Å². The number of fused-ring (bicyclic) bond motifs is 1. The van der Waals surface area contributed by atoms with Gasteiger partial charge in [0.05, 0.1) is 22.1 Å². The second-order valence-corrected chi connectivity index (χ2v) is 6.01. The van der Waals surface area contributed by atoms with Crippen molar-refractivity contribution in [2.45, 2.75) is 0 Å². The third-order valence-electron chi connectivity index (χ3n) is 3.79. The molecule has 26 heavy (non-hydrogen) atoms. The van der Waals surface area contributed by atoms with Crippen LogP contribution in [0.1, 0.15) is 10.5 Å². The molecule has 2 amide bonds. The van der Waals surface area contributed by atoms with Crippen molar-refractivity contribution < 1.29 is 14.3 Å². The molecule has 0 saturated carbocycles. The molecule has 1 aliphatic rings. The minimum absolute atomic E-state index is 0.0799. The van der Waals surface area contributed by atoms with E-state index in [0.29, 0.717) is 17.1 Å². The van der Waals surface area contributed by atoms with Crippen LogP contribution in [0.2, 0.25) is 5.02 Å². The number of amides is 2. The third kappa shape index (κ3) is 3.12. The number of halogens is 1. The number of nitrogens with zero attached hydrogens (tertiary/aromatic N) is 2. The molecule has 0 unspecified atom stereocenters. The number of benzene rings is 2. The number of nitrogens with one attached hydrogen (secondary N) is 2. The number of rotatable bonds is 3. The van der Waals surface area contributed by atoms with E-state index < -0.39 is 5.91 Å². The van der Waals surface area contributed by atoms with Crippen LogP contribution in [0.3, 0.4) is 0 Å². The molecule has 0 fully saturated rings. The predicted molar refractivity (Wildman–Crippen MR) is 97.1 cm³/mol. The van der Waals surface area contributed by atoms with E-state index >= 15 is 0 Å². The Morgan fingerprint density at radius 3 is 2.85 bits per heavy atom. The molecular formula is C18H13ClN4O3. The number of para-hydroxylation sites is 1. The molecule has 1 aliphatic heterocycles. The second-order valence-electron chi connectivity index (χ2n) is 5.60. The van der Waals surface area contributed by atoms with Crippen LogP contribution in [0.4, 0.5) is 11.4 Å². The van der Waals surface area contributed by atoms with Crippen molar-refractivity contribution in [1.82, 2.24) is 9.78 Å². The largest absolute Gasteiger partial charge is 0.482 e. The van der Waals surface area contributed by atoms with Gasteiger partial charge in [0.2, 0.25) is 0 Å². The maximum absolute atomic E-state index is 12.5. The highest BCUT2D eigenvalue weighted by Crippen LogP contribution is 2.36. The van der Waals surface area contributed by atoms with Crippen molar-refractivity contribution in [1.29, 1.82) is 0 Å². The first kappa shape index (κ1) is 16.2. The van der Waals surface area contributed by atoms with Crippen molar-refractivity contribution in [3.05, 3.63) is 65.4 Å². The van der Waals surface area contributed by atoms with E-state index in [0.717, 1.165) is 5.69 Å². The van der Waals surface area contributed by atoms with Gasteiger partial charge in [-0.05, 0) is 24.3 Å². The number of hydrogen-bond acceptors (Lipinski definition) is 4. The number of ether oxygens (including phenoxy) is 1. The Morgan fingerprint density at radius 1 is 1.23 bits per heavy atom. The summed E-state index contributed by atoms with van der Waals surface area (Å²) < 4.78 is 6.95. The van der Waals surface area contributed by atoms with Crippen LogP contribution in [-0.2, 0) is 4.79 Å². The van der Waals surface area contributed by atoms with Crippen LogP contribution < -0.4 is 15.4 Å². The minimum Gasteiger partial charge on any atom is -0.482 e. The summed E-state index contributed by atoms with van der Waals surface area (Å²) in [5, 5.41) is 9.93. The molecule has 0 radical (unpaired) electrons. The lowest BCUT2D eigenvalue weighted by molar-refractivity contribution is -0.118. The van der Waals surface area contributed by atoms with E-state index in [4.69, 9.17) is 16.3 Å². The van der Waals surface area contributed by atoms with Crippen LogP contribution in [0.25, 0.3) is 5.69 Å². The smallest absolute Gasteiger partial charge is 0.276 e. The predicted octanol–water partition coefficient (Wildman–Crippen LogP) is 3.11. The molecule has 4 rings (SSSR count). The number of carbonyl (C=O) groups excluding carboxylic acids is 2. The first-order valence-electron chi connectivity index (χ1n) is 7.79. The van der Waals surface area contributed by atoms with Crippen LogP contribution in [0.15, 0.2) is 54.7 Å². The lowest BCUT2D eigenvalue weighted by Crippen LogP contribution is -2.25. The fraction of sp³-hybridized carbons (Fsp3) is 0.0556. The van der Waals surface area contributed by atoms with Crippen molar-refractivity contribution in [3.63, 3.8) is 0 Å². The topological polar surface area (TPSA) is 85.2 Å². The van der Waals surface area contributed by atoms with Crippen molar-refractivity contribution in [2.24, 2.45) is 0 Å². The van der Waals surface area contributed by atoms with E-state index in [1.165, 1.54) is 6.07 Å². The Morgan fingerprint density at radius 2 is 2.04 bits per heavy atom. The normalized spacial score (nSPS) is 12.7. The average Bonchev–Trinajstić information content (AvgIpc) is 3.13. The summed E-state index contributed by atoms with van der Waals surface area (Å²) in [6.45, 7) is -0.0799. The second kappa shape index (κ2) is 6.53. The lowest BCUT2D eigenvalue weighted by Gasteiger charge is -2.19. The van der Waals surface area contributed by atoms with Crippen LogP contribution in [0, 0.1) is 0 Å². The first-order chi connectivity index (χ1) is 12.6. The molecule has 0 bridgehead atoms. The number of carbonyl (C=O) groups is 2. The van der Waals surface area contributed by atoms with Crippen molar-refractivity contribution in [3.8, 4) is 11.4 Å². The zero-order chi connectivity index (χ0) is 18.1. The fourth-order valence-corrected chi connectivity index (χ4v) is 2.76. The molecule has 0 spiro atoms. The summed E-state index contributed by atoms with van der Waals surface area (Å²) >= 11 is 6.19. The van der Waals surface area contributed by atoms with E-state index in [1.807, 2.05) is 30.3 Å². The zero-order valence-electron chi connectivity index (χ0n) is 13.4. The number of anilines is 2. The average molecular weight is 369 g/mol. The van der Waals surface area contributed by atoms with E-state index in [9.17, 15) is 9.59 Å². The van der Waals surface area contributed by atoms with E-state index in [-0.39, 0.29) is 23.2 Å². The highest BCUT2D eigenvalue weighted by molar-refractivity contribution is 6.34. The van der Waals surface area contributed by atoms with Crippen LogP contribution >= 0.6 is 11.6 Å². The summed E-state index contributed by atoms with van der Waals surface area (Å²) in [4.78, 5) is 23.8. The van der Waals surface area contributed by atoms with E-state index in [2.05, 4.69) is 15.7 Å². The maximum Gasteiger partial charge on any atom is 0.276 e. The summed E-state index contributed by atoms with van der Waals surface area (Å²) in [6.07, 6.45) is 1.71. The van der Waals surface area contributed by atoms with Crippen molar-refractivity contribution >= 4 is 34.8 Å². The van der Waals surface area contributed by atoms with Gasteiger partial charge >= 0.3 is 0 Å². The summed E-state index contributed by atoms with van der Waals surface area (Å²) in [5.74, 6) is -0.211. The van der Waals surface area contributed by atoms with Gasteiger partial charge in [0.1, 0.15) is 5.75 Å². The Labute approximate surface area is 153 Å². The standard InChI is InChI=1S/C18H13ClN4O3/c19-12-8-15-16(26-10-17(24)20-15)9-14(12)21-18(25)13-6-7-23(22-13)11-4-2-1-3-5-11/h1-9H,10H2,(H,20,24)(H,21,25). The molecule has 1 aromatic heterocycles. The molecule has 3 aromatic rings. The van der Waals surface area contributed by atoms with Gasteiger partial charge in [0.15, 0.2) is 12.3 Å². The number of aromatic nitrogens is 2. The highest BCUT2D eigenvalue weighted by atomic mass is 35.5. The van der Waals surface area contributed by atoms with Gasteiger partial charge < -0.3 is 15.4 Å². The molecule has 130 valence electrons. The van der Waals surface area contributed by atoms with Gasteiger partial charge in [-0.3, -0.25) is 9.59 Å². The monoisotopic (exact) mass is 368 g/mol. The van der Waals surface area contributed by atoms with Gasteiger partial charge in [-0.25, -0.2) is 4.68 Å². The molecule has 0 saturated heterocycles. The lowest BCUT2D eigenvalue weighted by atomic mass is 10.2. The fourth-order valence-electron chi connectivity index (χ4n) is 2.55. The molecule has 0 aliphatic carbocycles.